The second kappa shape index (κ2) is 4.08. The number of hydrogen-bond donors (Lipinski definition) is 0. The summed E-state index contributed by atoms with van der Waals surface area (Å²) in [6, 6.07) is 10.4. The van der Waals surface area contributed by atoms with Gasteiger partial charge in [-0.1, -0.05) is 56.0 Å². The van der Waals surface area contributed by atoms with E-state index in [1.807, 2.05) is 13.0 Å². The van der Waals surface area contributed by atoms with Gasteiger partial charge in [0, 0.05) is 5.92 Å². The van der Waals surface area contributed by atoms with Crippen molar-refractivity contribution < 1.29 is 0 Å². The smallest absolute Gasteiger partial charge is 0.00575 e. The molecule has 0 nitrogen and oxygen atoms in total. The Balaban J connectivity index is 2.86. The lowest BCUT2D eigenvalue weighted by molar-refractivity contribution is 0.908. The molecule has 0 heterocycles. The monoisotopic (exact) mass is 172 g/mol. The molecule has 1 rings (SSSR count). The molecule has 0 bridgehead atoms. The maximum Gasteiger partial charge on any atom is 0.00575 e. The minimum absolute atomic E-state index is 0.374. The van der Waals surface area contributed by atoms with Gasteiger partial charge in [0.15, 0.2) is 0 Å². The largest absolute Gasteiger partial charge is 0.0958 e. The molecule has 0 aromatic heterocycles. The number of hydrogen-bond acceptors (Lipinski definition) is 0. The second-order valence-electron chi connectivity index (χ2n) is 3.44. The van der Waals surface area contributed by atoms with Gasteiger partial charge in [-0.2, -0.15) is 0 Å². The zero-order chi connectivity index (χ0) is 9.84. The SMILES string of the molecule is C=C(C)C(=C)C(C)c1ccccc1. The van der Waals surface area contributed by atoms with Crippen LogP contribution in [0.3, 0.4) is 0 Å². The van der Waals surface area contributed by atoms with E-state index in [1.165, 1.54) is 5.56 Å². The van der Waals surface area contributed by atoms with Crippen LogP contribution in [0.4, 0.5) is 0 Å². The Morgan fingerprint density at radius 2 is 1.69 bits per heavy atom. The van der Waals surface area contributed by atoms with Gasteiger partial charge in [-0.25, -0.2) is 0 Å². The summed E-state index contributed by atoms with van der Waals surface area (Å²) in [6.07, 6.45) is 0. The molecule has 0 spiro atoms. The van der Waals surface area contributed by atoms with Gasteiger partial charge in [0.2, 0.25) is 0 Å². The number of benzene rings is 1. The Hall–Kier alpha value is -1.30. The number of rotatable bonds is 3. The molecular weight excluding hydrogens is 156 g/mol. The van der Waals surface area contributed by atoms with Gasteiger partial charge >= 0.3 is 0 Å². The van der Waals surface area contributed by atoms with Gasteiger partial charge in [-0.3, -0.25) is 0 Å². The molecular formula is C13H16. The molecule has 1 aromatic carbocycles. The van der Waals surface area contributed by atoms with Crippen molar-refractivity contribution in [2.45, 2.75) is 19.8 Å². The fourth-order valence-electron chi connectivity index (χ4n) is 1.31. The van der Waals surface area contributed by atoms with E-state index in [9.17, 15) is 0 Å². The summed E-state index contributed by atoms with van der Waals surface area (Å²) < 4.78 is 0. The summed E-state index contributed by atoms with van der Waals surface area (Å²) in [6.45, 7) is 12.1. The van der Waals surface area contributed by atoms with E-state index in [4.69, 9.17) is 0 Å². The van der Waals surface area contributed by atoms with E-state index in [-0.39, 0.29) is 0 Å². The predicted octanol–water partition coefficient (Wildman–Crippen LogP) is 3.92. The van der Waals surface area contributed by atoms with Gasteiger partial charge < -0.3 is 0 Å². The molecule has 0 heteroatoms. The fraction of sp³-hybridized carbons (Fsp3) is 0.231. The first-order valence-electron chi connectivity index (χ1n) is 4.52. The van der Waals surface area contributed by atoms with Crippen molar-refractivity contribution in [3.8, 4) is 0 Å². The highest BCUT2D eigenvalue weighted by Gasteiger charge is 2.08. The van der Waals surface area contributed by atoms with Crippen molar-refractivity contribution in [2.75, 3.05) is 0 Å². The molecule has 0 saturated carbocycles. The zero-order valence-corrected chi connectivity index (χ0v) is 8.38. The van der Waals surface area contributed by atoms with Crippen molar-refractivity contribution in [2.24, 2.45) is 0 Å². The predicted molar refractivity (Wildman–Crippen MR) is 58.8 cm³/mol. The lowest BCUT2D eigenvalue weighted by Crippen LogP contribution is -1.97. The van der Waals surface area contributed by atoms with Gasteiger partial charge in [0.05, 0.1) is 0 Å². The summed E-state index contributed by atoms with van der Waals surface area (Å²) in [7, 11) is 0. The Morgan fingerprint density at radius 3 is 2.15 bits per heavy atom. The van der Waals surface area contributed by atoms with Crippen molar-refractivity contribution in [3.05, 3.63) is 60.2 Å². The standard InChI is InChI=1S/C13H16/c1-10(2)11(3)12(4)13-8-6-5-7-9-13/h5-9,12H,1,3H2,2,4H3. The first kappa shape index (κ1) is 9.79. The van der Waals surface area contributed by atoms with Crippen LogP contribution in [-0.4, -0.2) is 0 Å². The normalized spacial score (nSPS) is 12.2. The van der Waals surface area contributed by atoms with Crippen LogP contribution in [-0.2, 0) is 0 Å². The lowest BCUT2D eigenvalue weighted by atomic mass is 9.90. The molecule has 0 amide bonds. The van der Waals surface area contributed by atoms with E-state index in [0.29, 0.717) is 5.92 Å². The maximum absolute atomic E-state index is 4.03. The summed E-state index contributed by atoms with van der Waals surface area (Å²) in [5.74, 6) is 0.374. The van der Waals surface area contributed by atoms with Crippen LogP contribution < -0.4 is 0 Å². The Bertz CT molecular complexity index is 306. The van der Waals surface area contributed by atoms with E-state index in [0.717, 1.165) is 11.1 Å². The molecule has 0 radical (unpaired) electrons. The van der Waals surface area contributed by atoms with Crippen molar-refractivity contribution in [1.29, 1.82) is 0 Å². The van der Waals surface area contributed by atoms with E-state index >= 15 is 0 Å². The molecule has 0 aliphatic heterocycles. The van der Waals surface area contributed by atoms with Crippen LogP contribution in [0.5, 0.6) is 0 Å². The van der Waals surface area contributed by atoms with Crippen molar-refractivity contribution in [3.63, 3.8) is 0 Å². The molecule has 0 N–H and O–H groups in total. The first-order chi connectivity index (χ1) is 6.13. The van der Waals surface area contributed by atoms with Crippen LogP contribution in [0.1, 0.15) is 25.3 Å². The van der Waals surface area contributed by atoms with Gasteiger partial charge in [0.25, 0.3) is 0 Å². The molecule has 0 fully saturated rings. The van der Waals surface area contributed by atoms with Crippen LogP contribution in [0, 0.1) is 0 Å². The number of allylic oxidation sites excluding steroid dienone is 2. The maximum atomic E-state index is 4.03. The average molecular weight is 172 g/mol. The fourth-order valence-corrected chi connectivity index (χ4v) is 1.31. The van der Waals surface area contributed by atoms with Crippen molar-refractivity contribution >= 4 is 0 Å². The van der Waals surface area contributed by atoms with Gasteiger partial charge in [-0.05, 0) is 18.1 Å². The molecule has 1 unspecified atom stereocenters. The third-order valence-corrected chi connectivity index (χ3v) is 2.37. The highest BCUT2D eigenvalue weighted by atomic mass is 14.1. The van der Waals surface area contributed by atoms with Crippen LogP contribution in [0.25, 0.3) is 0 Å². The third-order valence-electron chi connectivity index (χ3n) is 2.37. The summed E-state index contributed by atoms with van der Waals surface area (Å²) in [5, 5.41) is 0. The minimum Gasteiger partial charge on any atom is -0.0958 e. The minimum atomic E-state index is 0.374. The van der Waals surface area contributed by atoms with E-state index < -0.39 is 0 Å². The molecule has 0 saturated heterocycles. The molecule has 68 valence electrons. The van der Waals surface area contributed by atoms with Gasteiger partial charge in [0.1, 0.15) is 0 Å². The highest BCUT2D eigenvalue weighted by Crippen LogP contribution is 2.26. The van der Waals surface area contributed by atoms with E-state index in [1.54, 1.807) is 0 Å². The van der Waals surface area contributed by atoms with Crippen molar-refractivity contribution in [1.82, 2.24) is 0 Å². The van der Waals surface area contributed by atoms with Crippen LogP contribution >= 0.6 is 0 Å². The molecule has 0 aliphatic rings. The van der Waals surface area contributed by atoms with Crippen LogP contribution in [0.2, 0.25) is 0 Å². The van der Waals surface area contributed by atoms with Crippen LogP contribution in [0.15, 0.2) is 54.6 Å². The molecule has 1 atom stereocenters. The van der Waals surface area contributed by atoms with E-state index in [2.05, 4.69) is 44.3 Å². The zero-order valence-electron chi connectivity index (χ0n) is 8.38. The Kier molecular flexibility index (Phi) is 3.07. The Morgan fingerprint density at radius 1 is 1.15 bits per heavy atom. The quantitative estimate of drug-likeness (QED) is 0.606. The third kappa shape index (κ3) is 2.32. The summed E-state index contributed by atoms with van der Waals surface area (Å²) in [4.78, 5) is 0. The molecule has 1 aromatic rings. The summed E-state index contributed by atoms with van der Waals surface area (Å²) >= 11 is 0. The highest BCUT2D eigenvalue weighted by molar-refractivity contribution is 5.35. The molecule has 0 aliphatic carbocycles. The Labute approximate surface area is 80.6 Å². The second-order valence-corrected chi connectivity index (χ2v) is 3.44. The first-order valence-corrected chi connectivity index (χ1v) is 4.52. The lowest BCUT2D eigenvalue weighted by Gasteiger charge is -2.14. The topological polar surface area (TPSA) is 0 Å². The molecule has 13 heavy (non-hydrogen) atoms. The van der Waals surface area contributed by atoms with Gasteiger partial charge in [-0.15, -0.1) is 0 Å². The average Bonchev–Trinajstić information content (AvgIpc) is 2.17. The summed E-state index contributed by atoms with van der Waals surface area (Å²) in [5.41, 5.74) is 3.48.